The number of amides is 4. The van der Waals surface area contributed by atoms with Crippen molar-refractivity contribution >= 4 is 40.7 Å². The van der Waals surface area contributed by atoms with Crippen LogP contribution >= 0.6 is 11.3 Å². The van der Waals surface area contributed by atoms with Gasteiger partial charge in [0, 0.05) is 24.5 Å². The summed E-state index contributed by atoms with van der Waals surface area (Å²) in [4.78, 5) is 48.7. The number of carbonyl (C=O) groups is 3. The van der Waals surface area contributed by atoms with E-state index in [1.165, 1.54) is 9.78 Å². The Kier molecular flexibility index (Phi) is 7.88. The van der Waals surface area contributed by atoms with Crippen molar-refractivity contribution in [1.82, 2.24) is 14.7 Å². The van der Waals surface area contributed by atoms with E-state index in [1.54, 1.807) is 26.0 Å². The Morgan fingerprint density at radius 1 is 0.974 bits per heavy atom. The largest absolute Gasteiger partial charge is 0.480 e. The fourth-order valence-electron chi connectivity index (χ4n) is 5.87. The molecule has 3 heterocycles. The second-order valence-corrected chi connectivity index (χ2v) is 11.3. The molecule has 4 amide bonds. The predicted molar refractivity (Wildman–Crippen MR) is 152 cm³/mol. The van der Waals surface area contributed by atoms with Crippen LogP contribution in [0.3, 0.4) is 0 Å². The van der Waals surface area contributed by atoms with Gasteiger partial charge in [0.05, 0.1) is 23.5 Å². The van der Waals surface area contributed by atoms with Gasteiger partial charge in [-0.1, -0.05) is 36.4 Å². The Morgan fingerprint density at radius 3 is 2.15 bits per heavy atom. The number of likely N-dealkylation sites (tertiary alicyclic amines) is 1. The van der Waals surface area contributed by atoms with Gasteiger partial charge in [-0.15, -0.1) is 11.3 Å². The van der Waals surface area contributed by atoms with Crippen molar-refractivity contribution in [3.05, 3.63) is 82.6 Å². The molecule has 3 aromatic rings. The molecule has 0 spiro atoms. The van der Waals surface area contributed by atoms with Gasteiger partial charge in [-0.3, -0.25) is 4.90 Å². The van der Waals surface area contributed by atoms with Crippen LogP contribution in [0.25, 0.3) is 0 Å². The molecule has 2 aliphatic heterocycles. The molecule has 2 saturated heterocycles. The fraction of sp³-hybridized carbons (Fsp3) is 0.367. The van der Waals surface area contributed by atoms with Crippen molar-refractivity contribution in [2.45, 2.75) is 57.8 Å². The Balaban J connectivity index is 1.47. The van der Waals surface area contributed by atoms with Gasteiger partial charge in [0.1, 0.15) is 0 Å². The molecule has 204 valence electrons. The second-order valence-electron chi connectivity index (χ2n) is 10.1. The minimum Gasteiger partial charge on any atom is -0.480 e. The maximum atomic E-state index is 14.2. The average Bonchev–Trinajstić information content (AvgIpc) is 3.36. The summed E-state index contributed by atoms with van der Waals surface area (Å²) in [6, 6.07) is 18.1. The minimum atomic E-state index is -1.14. The van der Waals surface area contributed by atoms with Crippen molar-refractivity contribution in [1.29, 1.82) is 0 Å². The molecule has 39 heavy (non-hydrogen) atoms. The number of aryl methyl sites for hydroxylation is 1. The first kappa shape index (κ1) is 26.7. The van der Waals surface area contributed by atoms with E-state index in [-0.39, 0.29) is 18.6 Å². The molecular formula is C30H34N4O4S. The van der Waals surface area contributed by atoms with Crippen LogP contribution in [0.1, 0.15) is 36.6 Å². The zero-order valence-electron chi connectivity index (χ0n) is 22.3. The number of fused-ring (bicyclic) bond motifs is 2. The highest BCUT2D eigenvalue weighted by Gasteiger charge is 2.52. The number of carbonyl (C=O) groups excluding carboxylic acids is 2. The number of piperazine rings is 1. The number of benzene rings is 2. The summed E-state index contributed by atoms with van der Waals surface area (Å²) in [7, 11) is 0. The third-order valence-electron chi connectivity index (χ3n) is 7.65. The highest BCUT2D eigenvalue weighted by atomic mass is 32.1. The second kappa shape index (κ2) is 11.5. The van der Waals surface area contributed by atoms with E-state index in [0.717, 1.165) is 18.4 Å². The summed E-state index contributed by atoms with van der Waals surface area (Å²) in [5, 5.41) is 12.5. The summed E-state index contributed by atoms with van der Waals surface area (Å²) < 4.78 is 0. The Bertz CT molecular complexity index is 1280. The van der Waals surface area contributed by atoms with Gasteiger partial charge in [-0.25, -0.2) is 14.4 Å². The smallest absolute Gasteiger partial charge is 0.329 e. The molecular weight excluding hydrogens is 512 g/mol. The minimum absolute atomic E-state index is 0.155. The summed E-state index contributed by atoms with van der Waals surface area (Å²) in [6.45, 7) is 5.15. The number of carboxylic acids is 1. The number of urea groups is 2. The predicted octanol–water partition coefficient (Wildman–Crippen LogP) is 5.95. The SMILES string of the molecule is CCN(Cc1csc(C)c1)C(=O)N1[C@H]2CCC[C@@H]1[C@@H](C(=O)O)N(C(=O)N(c1ccccc1)c1ccccc1)C2. The Hall–Kier alpha value is -3.85. The molecule has 0 aliphatic carbocycles. The van der Waals surface area contributed by atoms with Gasteiger partial charge in [-0.05, 0) is 74.4 Å². The average molecular weight is 547 g/mol. The lowest BCUT2D eigenvalue weighted by Crippen LogP contribution is -2.72. The molecule has 5 rings (SSSR count). The molecule has 2 aromatic carbocycles. The van der Waals surface area contributed by atoms with Crippen LogP contribution in [0.4, 0.5) is 21.0 Å². The third-order valence-corrected chi connectivity index (χ3v) is 8.56. The van der Waals surface area contributed by atoms with Crippen LogP contribution in [-0.2, 0) is 11.3 Å². The van der Waals surface area contributed by atoms with Gasteiger partial charge >= 0.3 is 18.0 Å². The lowest BCUT2D eigenvalue weighted by molar-refractivity contribution is -0.148. The van der Waals surface area contributed by atoms with E-state index in [1.807, 2.05) is 74.5 Å². The van der Waals surface area contributed by atoms with Crippen molar-refractivity contribution in [3.8, 4) is 0 Å². The Labute approximate surface area is 233 Å². The first-order valence-corrected chi connectivity index (χ1v) is 14.3. The number of thiophene rings is 1. The van der Waals surface area contributed by atoms with E-state index in [0.29, 0.717) is 30.9 Å². The van der Waals surface area contributed by atoms with Crippen LogP contribution in [0, 0.1) is 6.92 Å². The molecule has 2 fully saturated rings. The van der Waals surface area contributed by atoms with Crippen LogP contribution in [0.5, 0.6) is 0 Å². The number of nitrogens with zero attached hydrogens (tertiary/aromatic N) is 4. The van der Waals surface area contributed by atoms with Crippen LogP contribution in [-0.4, -0.2) is 69.1 Å². The number of para-hydroxylation sites is 2. The van der Waals surface area contributed by atoms with Gasteiger partial charge in [0.25, 0.3) is 0 Å². The highest BCUT2D eigenvalue weighted by Crippen LogP contribution is 2.36. The lowest BCUT2D eigenvalue weighted by atomic mass is 9.86. The quantitative estimate of drug-likeness (QED) is 0.414. The number of rotatable bonds is 6. The molecule has 0 saturated carbocycles. The summed E-state index contributed by atoms with van der Waals surface area (Å²) >= 11 is 1.65. The fourth-order valence-corrected chi connectivity index (χ4v) is 6.57. The summed E-state index contributed by atoms with van der Waals surface area (Å²) in [5.74, 6) is -1.09. The Morgan fingerprint density at radius 2 is 1.62 bits per heavy atom. The van der Waals surface area contributed by atoms with E-state index in [9.17, 15) is 19.5 Å². The molecule has 0 radical (unpaired) electrons. The molecule has 1 aromatic heterocycles. The van der Waals surface area contributed by atoms with E-state index in [4.69, 9.17) is 0 Å². The van der Waals surface area contributed by atoms with Crippen LogP contribution in [0.15, 0.2) is 72.1 Å². The third kappa shape index (κ3) is 5.36. The maximum Gasteiger partial charge on any atom is 0.329 e. The standard InChI is InChI=1S/C30H34N4O4S/c1-3-31(18-22-17-21(2)39-20-22)29(37)34-25-15-10-16-26(34)27(28(35)36)32(19-25)30(38)33(23-11-6-4-7-12-23)24-13-8-5-9-14-24/h4-9,11-14,17,20,25-27H,3,10,15-16,18-19H2,1-2H3,(H,35,36)/t25-,26+,27-/m0/s1. The number of piperidine rings is 1. The molecule has 3 atom stereocenters. The number of carboxylic acid groups (broad SMARTS) is 1. The van der Waals surface area contributed by atoms with Crippen LogP contribution < -0.4 is 4.90 Å². The van der Waals surface area contributed by atoms with Gasteiger partial charge in [-0.2, -0.15) is 0 Å². The highest BCUT2D eigenvalue weighted by molar-refractivity contribution is 7.10. The van der Waals surface area contributed by atoms with Crippen molar-refractivity contribution in [2.75, 3.05) is 18.0 Å². The molecule has 0 unspecified atom stereocenters. The topological polar surface area (TPSA) is 84.4 Å². The molecule has 8 nitrogen and oxygen atoms in total. The number of anilines is 2. The first-order valence-electron chi connectivity index (χ1n) is 13.4. The summed E-state index contributed by atoms with van der Waals surface area (Å²) in [5.41, 5.74) is 2.39. The van der Waals surface area contributed by atoms with Crippen LogP contribution in [0.2, 0.25) is 0 Å². The van der Waals surface area contributed by atoms with Gasteiger partial charge in [0.15, 0.2) is 6.04 Å². The molecule has 9 heteroatoms. The summed E-state index contributed by atoms with van der Waals surface area (Å²) in [6.07, 6.45) is 2.08. The molecule has 1 N–H and O–H groups in total. The van der Waals surface area contributed by atoms with E-state index in [2.05, 4.69) is 11.4 Å². The number of hydrogen-bond donors (Lipinski definition) is 1. The van der Waals surface area contributed by atoms with E-state index >= 15 is 0 Å². The van der Waals surface area contributed by atoms with Crippen molar-refractivity contribution in [3.63, 3.8) is 0 Å². The van der Waals surface area contributed by atoms with Gasteiger partial charge < -0.3 is 19.8 Å². The van der Waals surface area contributed by atoms with Gasteiger partial charge in [0.2, 0.25) is 0 Å². The first-order chi connectivity index (χ1) is 18.9. The normalized spacial score (nSPS) is 20.4. The zero-order valence-corrected chi connectivity index (χ0v) is 23.1. The lowest BCUT2D eigenvalue weighted by Gasteiger charge is -2.54. The maximum absolute atomic E-state index is 14.2. The molecule has 2 aliphatic rings. The van der Waals surface area contributed by atoms with Crippen molar-refractivity contribution < 1.29 is 19.5 Å². The van der Waals surface area contributed by atoms with Crippen molar-refractivity contribution in [2.24, 2.45) is 0 Å². The number of hydrogen-bond acceptors (Lipinski definition) is 4. The van der Waals surface area contributed by atoms with E-state index < -0.39 is 24.1 Å². The monoisotopic (exact) mass is 546 g/mol. The molecule has 2 bridgehead atoms. The zero-order chi connectivity index (χ0) is 27.5. The number of aliphatic carboxylic acids is 1.